The minimum absolute atomic E-state index is 0.0411. The number of hydrogen-bond donors (Lipinski definition) is 3. The monoisotopic (exact) mass is 329 g/mol. The highest BCUT2D eigenvalue weighted by atomic mass is 32.2. The molecule has 0 spiro atoms. The fourth-order valence-electron chi connectivity index (χ4n) is 2.19. The first kappa shape index (κ1) is 15.1. The third-order valence-corrected chi connectivity index (χ3v) is 4.72. The molecular weight excluding hydrogens is 314 g/mol. The molecule has 0 radical (unpaired) electrons. The number of nitrogens with one attached hydrogen (secondary N) is 3. The summed E-state index contributed by atoms with van der Waals surface area (Å²) >= 11 is 0. The van der Waals surface area contributed by atoms with Gasteiger partial charge < -0.3 is 10.3 Å². The van der Waals surface area contributed by atoms with Crippen molar-refractivity contribution in [1.29, 1.82) is 0 Å². The summed E-state index contributed by atoms with van der Waals surface area (Å²) in [5, 5.41) is 3.44. The SMILES string of the molecule is Cc1ccc(S(=O)(=O)NC(=O)Nc2ccc3[nH]ccc3c2)cc1. The minimum Gasteiger partial charge on any atom is -0.361 e. The Balaban J connectivity index is 1.74. The number of aromatic amines is 1. The van der Waals surface area contributed by atoms with E-state index < -0.39 is 16.1 Å². The Morgan fingerprint density at radius 1 is 1.04 bits per heavy atom. The van der Waals surface area contributed by atoms with Gasteiger partial charge in [-0.1, -0.05) is 17.7 Å². The number of fused-ring (bicyclic) bond motifs is 1. The van der Waals surface area contributed by atoms with Gasteiger partial charge in [-0.05, 0) is 43.3 Å². The maximum atomic E-state index is 12.1. The van der Waals surface area contributed by atoms with Crippen LogP contribution in [0.15, 0.2) is 59.6 Å². The molecular formula is C16H15N3O3S. The number of aromatic nitrogens is 1. The van der Waals surface area contributed by atoms with Gasteiger partial charge in [0.25, 0.3) is 10.0 Å². The summed E-state index contributed by atoms with van der Waals surface area (Å²) < 4.78 is 26.3. The lowest BCUT2D eigenvalue weighted by molar-refractivity contribution is 0.256. The van der Waals surface area contributed by atoms with Crippen molar-refractivity contribution in [3.63, 3.8) is 0 Å². The minimum atomic E-state index is -3.90. The molecule has 0 atom stereocenters. The van der Waals surface area contributed by atoms with E-state index in [1.807, 2.05) is 17.7 Å². The number of carbonyl (C=O) groups is 1. The summed E-state index contributed by atoms with van der Waals surface area (Å²) in [5.41, 5.74) is 2.38. The molecule has 1 heterocycles. The summed E-state index contributed by atoms with van der Waals surface area (Å²) in [6, 6.07) is 12.6. The molecule has 0 aliphatic rings. The van der Waals surface area contributed by atoms with Crippen LogP contribution in [-0.2, 0) is 10.0 Å². The second-order valence-electron chi connectivity index (χ2n) is 5.15. The van der Waals surface area contributed by atoms with E-state index in [0.717, 1.165) is 16.5 Å². The summed E-state index contributed by atoms with van der Waals surface area (Å²) in [6.45, 7) is 1.85. The zero-order valence-corrected chi connectivity index (χ0v) is 13.1. The fourth-order valence-corrected chi connectivity index (χ4v) is 3.09. The Labute approximate surface area is 133 Å². The third-order valence-electron chi connectivity index (χ3n) is 3.37. The van der Waals surface area contributed by atoms with Crippen molar-refractivity contribution >= 4 is 32.6 Å². The number of H-pyrrole nitrogens is 1. The predicted molar refractivity (Wildman–Crippen MR) is 88.8 cm³/mol. The topological polar surface area (TPSA) is 91.1 Å². The second kappa shape index (κ2) is 5.77. The van der Waals surface area contributed by atoms with Crippen molar-refractivity contribution in [3.05, 3.63) is 60.3 Å². The quantitative estimate of drug-likeness (QED) is 0.690. The van der Waals surface area contributed by atoms with E-state index in [1.165, 1.54) is 12.1 Å². The Morgan fingerprint density at radius 2 is 1.78 bits per heavy atom. The fraction of sp³-hybridized carbons (Fsp3) is 0.0625. The maximum Gasteiger partial charge on any atom is 0.333 e. The molecule has 0 bridgehead atoms. The summed E-state index contributed by atoms with van der Waals surface area (Å²) in [6.07, 6.45) is 1.79. The number of sulfonamides is 1. The Kier molecular flexibility index (Phi) is 3.79. The van der Waals surface area contributed by atoms with Crippen molar-refractivity contribution < 1.29 is 13.2 Å². The smallest absolute Gasteiger partial charge is 0.333 e. The molecule has 0 aliphatic carbocycles. The van der Waals surface area contributed by atoms with Crippen LogP contribution in [0.2, 0.25) is 0 Å². The van der Waals surface area contributed by atoms with Crippen LogP contribution in [0.3, 0.4) is 0 Å². The van der Waals surface area contributed by atoms with Crippen molar-refractivity contribution in [3.8, 4) is 0 Å². The molecule has 118 valence electrons. The zero-order valence-electron chi connectivity index (χ0n) is 12.3. The lowest BCUT2D eigenvalue weighted by Crippen LogP contribution is -2.34. The van der Waals surface area contributed by atoms with Crippen LogP contribution in [0.25, 0.3) is 10.9 Å². The number of carbonyl (C=O) groups excluding carboxylic acids is 1. The molecule has 0 unspecified atom stereocenters. The van der Waals surface area contributed by atoms with Gasteiger partial charge in [-0.15, -0.1) is 0 Å². The molecule has 1 aromatic heterocycles. The van der Waals surface area contributed by atoms with Crippen molar-refractivity contribution in [2.45, 2.75) is 11.8 Å². The highest BCUT2D eigenvalue weighted by molar-refractivity contribution is 7.90. The third kappa shape index (κ3) is 3.35. The average Bonchev–Trinajstić information content (AvgIpc) is 2.94. The Hall–Kier alpha value is -2.80. The first-order valence-electron chi connectivity index (χ1n) is 6.92. The lowest BCUT2D eigenvalue weighted by atomic mass is 10.2. The summed E-state index contributed by atoms with van der Waals surface area (Å²) in [5.74, 6) is 0. The molecule has 0 fully saturated rings. The summed E-state index contributed by atoms with van der Waals surface area (Å²) in [4.78, 5) is 15.0. The van der Waals surface area contributed by atoms with E-state index in [9.17, 15) is 13.2 Å². The standard InChI is InChI=1S/C16H15N3O3S/c1-11-2-5-14(6-3-11)23(21,22)19-16(20)18-13-4-7-15-12(10-13)8-9-17-15/h2-10,17H,1H3,(H2,18,19,20). The lowest BCUT2D eigenvalue weighted by Gasteiger charge is -2.09. The van der Waals surface area contributed by atoms with Crippen LogP contribution in [0.4, 0.5) is 10.5 Å². The van der Waals surface area contributed by atoms with Gasteiger partial charge in [0.15, 0.2) is 0 Å². The van der Waals surface area contributed by atoms with E-state index in [-0.39, 0.29) is 4.90 Å². The number of amides is 2. The van der Waals surface area contributed by atoms with Crippen molar-refractivity contribution in [2.24, 2.45) is 0 Å². The normalized spacial score (nSPS) is 11.3. The molecule has 3 aromatic rings. The van der Waals surface area contributed by atoms with E-state index in [4.69, 9.17) is 0 Å². The van der Waals surface area contributed by atoms with E-state index in [1.54, 1.807) is 36.5 Å². The average molecular weight is 329 g/mol. The highest BCUT2D eigenvalue weighted by Gasteiger charge is 2.17. The van der Waals surface area contributed by atoms with E-state index in [0.29, 0.717) is 5.69 Å². The molecule has 7 heteroatoms. The van der Waals surface area contributed by atoms with Gasteiger partial charge in [0.1, 0.15) is 0 Å². The predicted octanol–water partition coefficient (Wildman–Crippen LogP) is 2.99. The molecule has 0 aliphatic heterocycles. The van der Waals surface area contributed by atoms with Gasteiger partial charge in [0.05, 0.1) is 4.90 Å². The second-order valence-corrected chi connectivity index (χ2v) is 6.83. The number of rotatable bonds is 3. The van der Waals surface area contributed by atoms with Crippen LogP contribution in [0.1, 0.15) is 5.56 Å². The van der Waals surface area contributed by atoms with Gasteiger partial charge in [-0.3, -0.25) is 0 Å². The van der Waals surface area contributed by atoms with Gasteiger partial charge in [-0.25, -0.2) is 17.9 Å². The zero-order chi connectivity index (χ0) is 16.4. The van der Waals surface area contributed by atoms with Crippen LogP contribution in [0.5, 0.6) is 0 Å². The Bertz CT molecular complexity index is 960. The van der Waals surface area contributed by atoms with Gasteiger partial charge >= 0.3 is 6.03 Å². The first-order valence-corrected chi connectivity index (χ1v) is 8.40. The number of urea groups is 1. The number of benzene rings is 2. The number of aryl methyl sites for hydroxylation is 1. The van der Waals surface area contributed by atoms with E-state index in [2.05, 4.69) is 10.3 Å². The van der Waals surface area contributed by atoms with Crippen LogP contribution >= 0.6 is 0 Å². The van der Waals surface area contributed by atoms with Gasteiger partial charge in [0, 0.05) is 22.8 Å². The molecule has 3 rings (SSSR count). The molecule has 23 heavy (non-hydrogen) atoms. The molecule has 2 aromatic carbocycles. The summed E-state index contributed by atoms with van der Waals surface area (Å²) in [7, 11) is -3.90. The van der Waals surface area contributed by atoms with Crippen LogP contribution < -0.4 is 10.0 Å². The molecule has 0 saturated heterocycles. The molecule has 0 saturated carbocycles. The van der Waals surface area contributed by atoms with Crippen molar-refractivity contribution in [2.75, 3.05) is 5.32 Å². The molecule has 6 nitrogen and oxygen atoms in total. The largest absolute Gasteiger partial charge is 0.361 e. The van der Waals surface area contributed by atoms with Crippen LogP contribution in [0, 0.1) is 6.92 Å². The van der Waals surface area contributed by atoms with Crippen molar-refractivity contribution in [1.82, 2.24) is 9.71 Å². The number of hydrogen-bond acceptors (Lipinski definition) is 3. The van der Waals surface area contributed by atoms with Gasteiger partial charge in [0.2, 0.25) is 0 Å². The highest BCUT2D eigenvalue weighted by Crippen LogP contribution is 2.18. The van der Waals surface area contributed by atoms with Crippen LogP contribution in [-0.4, -0.2) is 19.4 Å². The van der Waals surface area contributed by atoms with Gasteiger partial charge in [-0.2, -0.15) is 0 Å². The number of anilines is 1. The molecule has 3 N–H and O–H groups in total. The Morgan fingerprint density at radius 3 is 2.52 bits per heavy atom. The maximum absolute atomic E-state index is 12.1. The molecule has 2 amide bonds. The first-order chi connectivity index (χ1) is 10.9. The van der Waals surface area contributed by atoms with E-state index >= 15 is 0 Å².